The van der Waals surface area contributed by atoms with Crippen molar-refractivity contribution in [3.63, 3.8) is 0 Å². The van der Waals surface area contributed by atoms with Gasteiger partial charge in [-0.25, -0.2) is 0 Å². The molecule has 1 nitrogen and oxygen atoms in total. The van der Waals surface area contributed by atoms with Crippen LogP contribution in [0.4, 0.5) is 0 Å². The SMILES string of the molecule is Cc1ccc(C(=O)C2=C(c3cc(C)ccc3C)CCC2)cc1. The molecule has 0 spiro atoms. The van der Waals surface area contributed by atoms with Crippen molar-refractivity contribution in [1.82, 2.24) is 0 Å². The first-order valence-corrected chi connectivity index (χ1v) is 7.97. The molecule has 0 radical (unpaired) electrons. The first-order valence-electron chi connectivity index (χ1n) is 7.97. The minimum atomic E-state index is 0.202. The molecule has 0 saturated heterocycles. The molecule has 0 aromatic heterocycles. The van der Waals surface area contributed by atoms with Crippen LogP contribution in [0.15, 0.2) is 48.0 Å². The average Bonchev–Trinajstić information content (AvgIpc) is 2.99. The second-order valence-electron chi connectivity index (χ2n) is 6.32. The fraction of sp³-hybridized carbons (Fsp3) is 0.286. The van der Waals surface area contributed by atoms with Gasteiger partial charge in [0.2, 0.25) is 0 Å². The number of carbonyl (C=O) groups is 1. The Kier molecular flexibility index (Phi) is 3.98. The van der Waals surface area contributed by atoms with E-state index in [-0.39, 0.29) is 5.78 Å². The van der Waals surface area contributed by atoms with Gasteiger partial charge in [0.05, 0.1) is 0 Å². The molecule has 0 heterocycles. The van der Waals surface area contributed by atoms with Gasteiger partial charge in [0, 0.05) is 11.1 Å². The second kappa shape index (κ2) is 5.92. The number of benzene rings is 2. The van der Waals surface area contributed by atoms with E-state index in [1.807, 2.05) is 31.2 Å². The molecule has 1 heteroatoms. The van der Waals surface area contributed by atoms with Gasteiger partial charge in [-0.05, 0) is 56.7 Å². The van der Waals surface area contributed by atoms with E-state index >= 15 is 0 Å². The van der Waals surface area contributed by atoms with Crippen LogP contribution in [0.2, 0.25) is 0 Å². The molecule has 1 aliphatic carbocycles. The Morgan fingerprint density at radius 3 is 2.27 bits per heavy atom. The van der Waals surface area contributed by atoms with Gasteiger partial charge in [-0.1, -0.05) is 53.6 Å². The van der Waals surface area contributed by atoms with Crippen LogP contribution >= 0.6 is 0 Å². The molecule has 2 aromatic carbocycles. The highest BCUT2D eigenvalue weighted by Crippen LogP contribution is 2.37. The summed E-state index contributed by atoms with van der Waals surface area (Å²) in [6.45, 7) is 6.29. The summed E-state index contributed by atoms with van der Waals surface area (Å²) >= 11 is 0. The number of hydrogen-bond donors (Lipinski definition) is 0. The van der Waals surface area contributed by atoms with Crippen LogP contribution in [0.5, 0.6) is 0 Å². The molecular formula is C21H22O. The van der Waals surface area contributed by atoms with Crippen molar-refractivity contribution in [3.8, 4) is 0 Å². The van der Waals surface area contributed by atoms with Crippen LogP contribution < -0.4 is 0 Å². The van der Waals surface area contributed by atoms with Crippen LogP contribution in [-0.2, 0) is 0 Å². The predicted molar refractivity (Wildman–Crippen MR) is 92.2 cm³/mol. The highest BCUT2D eigenvalue weighted by atomic mass is 16.1. The van der Waals surface area contributed by atoms with Crippen LogP contribution in [0.3, 0.4) is 0 Å². The molecule has 1 aliphatic rings. The molecule has 0 saturated carbocycles. The topological polar surface area (TPSA) is 17.1 Å². The van der Waals surface area contributed by atoms with Crippen molar-refractivity contribution in [2.75, 3.05) is 0 Å². The van der Waals surface area contributed by atoms with Gasteiger partial charge >= 0.3 is 0 Å². The van der Waals surface area contributed by atoms with Crippen molar-refractivity contribution < 1.29 is 4.79 Å². The van der Waals surface area contributed by atoms with E-state index in [0.717, 1.165) is 30.4 Å². The van der Waals surface area contributed by atoms with E-state index in [1.54, 1.807) is 0 Å². The molecule has 0 amide bonds. The van der Waals surface area contributed by atoms with Gasteiger partial charge in [0.25, 0.3) is 0 Å². The molecule has 0 N–H and O–H groups in total. The largest absolute Gasteiger partial charge is 0.289 e. The van der Waals surface area contributed by atoms with Crippen LogP contribution in [0, 0.1) is 20.8 Å². The quantitative estimate of drug-likeness (QED) is 0.689. The van der Waals surface area contributed by atoms with E-state index in [1.165, 1.54) is 27.8 Å². The summed E-state index contributed by atoms with van der Waals surface area (Å²) in [5.41, 5.74) is 8.04. The fourth-order valence-electron chi connectivity index (χ4n) is 3.23. The molecule has 112 valence electrons. The standard InChI is InChI=1S/C21H22O/c1-14-8-11-17(12-9-14)21(22)19-6-4-5-18(19)20-13-15(2)7-10-16(20)3/h7-13H,4-6H2,1-3H3. The summed E-state index contributed by atoms with van der Waals surface area (Å²) in [7, 11) is 0. The minimum absolute atomic E-state index is 0.202. The van der Waals surface area contributed by atoms with Gasteiger partial charge in [0.15, 0.2) is 5.78 Å². The molecule has 22 heavy (non-hydrogen) atoms. The maximum Gasteiger partial charge on any atom is 0.189 e. The summed E-state index contributed by atoms with van der Waals surface area (Å²) in [6.07, 6.45) is 2.99. The fourth-order valence-corrected chi connectivity index (χ4v) is 3.23. The molecule has 0 aliphatic heterocycles. The molecule has 0 fully saturated rings. The normalized spacial score (nSPS) is 14.5. The van der Waals surface area contributed by atoms with E-state index < -0.39 is 0 Å². The van der Waals surface area contributed by atoms with Gasteiger partial charge < -0.3 is 0 Å². The third-order valence-electron chi connectivity index (χ3n) is 4.52. The summed E-state index contributed by atoms with van der Waals surface area (Å²) in [6, 6.07) is 14.4. The number of aryl methyl sites for hydroxylation is 3. The van der Waals surface area contributed by atoms with Crippen molar-refractivity contribution in [3.05, 3.63) is 75.9 Å². The molecule has 3 rings (SSSR count). The van der Waals surface area contributed by atoms with E-state index in [4.69, 9.17) is 0 Å². The van der Waals surface area contributed by atoms with Crippen molar-refractivity contribution >= 4 is 11.4 Å². The lowest BCUT2D eigenvalue weighted by atomic mass is 9.92. The third kappa shape index (κ3) is 2.76. The first-order chi connectivity index (χ1) is 10.6. The van der Waals surface area contributed by atoms with E-state index in [9.17, 15) is 4.79 Å². The monoisotopic (exact) mass is 290 g/mol. The lowest BCUT2D eigenvalue weighted by Crippen LogP contribution is -2.04. The summed E-state index contributed by atoms with van der Waals surface area (Å²) < 4.78 is 0. The summed E-state index contributed by atoms with van der Waals surface area (Å²) in [5.74, 6) is 0.202. The second-order valence-corrected chi connectivity index (χ2v) is 6.32. The number of rotatable bonds is 3. The lowest BCUT2D eigenvalue weighted by Gasteiger charge is -2.11. The Hall–Kier alpha value is -2.15. The molecular weight excluding hydrogens is 268 g/mol. The third-order valence-corrected chi connectivity index (χ3v) is 4.52. The first kappa shape index (κ1) is 14.8. The summed E-state index contributed by atoms with van der Waals surface area (Å²) in [4.78, 5) is 12.9. The highest BCUT2D eigenvalue weighted by molar-refractivity contribution is 6.13. The maximum absolute atomic E-state index is 12.9. The minimum Gasteiger partial charge on any atom is -0.289 e. The zero-order chi connectivity index (χ0) is 15.7. The number of ketones is 1. The lowest BCUT2D eigenvalue weighted by molar-refractivity contribution is 0.103. The van der Waals surface area contributed by atoms with Crippen molar-refractivity contribution in [1.29, 1.82) is 0 Å². The number of hydrogen-bond acceptors (Lipinski definition) is 1. The van der Waals surface area contributed by atoms with Crippen LogP contribution in [-0.4, -0.2) is 5.78 Å². The molecule has 0 unspecified atom stereocenters. The number of carbonyl (C=O) groups excluding carboxylic acids is 1. The van der Waals surface area contributed by atoms with Gasteiger partial charge in [-0.3, -0.25) is 4.79 Å². The smallest absolute Gasteiger partial charge is 0.189 e. The zero-order valence-corrected chi connectivity index (χ0v) is 13.6. The summed E-state index contributed by atoms with van der Waals surface area (Å²) in [5, 5.41) is 0. The Morgan fingerprint density at radius 1 is 0.864 bits per heavy atom. The van der Waals surface area contributed by atoms with E-state index in [0.29, 0.717) is 0 Å². The zero-order valence-electron chi connectivity index (χ0n) is 13.6. The maximum atomic E-state index is 12.9. The number of allylic oxidation sites excluding steroid dienone is 2. The Morgan fingerprint density at radius 2 is 1.55 bits per heavy atom. The molecule has 2 aromatic rings. The van der Waals surface area contributed by atoms with Crippen molar-refractivity contribution in [2.45, 2.75) is 40.0 Å². The van der Waals surface area contributed by atoms with Crippen LogP contribution in [0.1, 0.15) is 51.9 Å². The van der Waals surface area contributed by atoms with Crippen LogP contribution in [0.25, 0.3) is 5.57 Å². The average molecular weight is 290 g/mol. The van der Waals surface area contributed by atoms with Gasteiger partial charge in [-0.2, -0.15) is 0 Å². The van der Waals surface area contributed by atoms with Gasteiger partial charge in [0.1, 0.15) is 0 Å². The Balaban J connectivity index is 2.05. The Bertz CT molecular complexity index is 748. The highest BCUT2D eigenvalue weighted by Gasteiger charge is 2.23. The molecule has 0 bridgehead atoms. The predicted octanol–water partition coefficient (Wildman–Crippen LogP) is 5.43. The van der Waals surface area contributed by atoms with Crippen molar-refractivity contribution in [2.24, 2.45) is 0 Å². The molecule has 0 atom stereocenters. The van der Waals surface area contributed by atoms with Gasteiger partial charge in [-0.15, -0.1) is 0 Å². The number of Topliss-reactive ketones (excluding diaryl/α,β-unsaturated/α-hetero) is 1. The van der Waals surface area contributed by atoms with E-state index in [2.05, 4.69) is 32.0 Å². The Labute approximate surface area is 132 Å².